The molecule has 0 aliphatic heterocycles. The molecule has 2 aromatic rings. The largest absolute Gasteiger partial charge is 0.354 e. The van der Waals surface area contributed by atoms with Gasteiger partial charge in [-0.1, -0.05) is 55.2 Å². The lowest BCUT2D eigenvalue weighted by molar-refractivity contribution is -0.140. The Kier molecular flexibility index (Phi) is 8.47. The molecule has 0 radical (unpaired) electrons. The molecule has 0 aliphatic rings. The minimum Gasteiger partial charge on any atom is -0.354 e. The third kappa shape index (κ3) is 6.72. The van der Waals surface area contributed by atoms with Crippen molar-refractivity contribution in [3.63, 3.8) is 0 Å². The second kappa shape index (κ2) is 10.6. The van der Waals surface area contributed by atoms with Crippen molar-refractivity contribution >= 4 is 35.0 Å². The summed E-state index contributed by atoms with van der Waals surface area (Å²) in [6.45, 7) is 6.26. The number of amides is 2. The molecule has 1 atom stereocenters. The zero-order valence-electron chi connectivity index (χ0n) is 16.7. The van der Waals surface area contributed by atoms with Gasteiger partial charge >= 0.3 is 0 Å². The van der Waals surface area contributed by atoms with Gasteiger partial charge in [0.25, 0.3) is 0 Å². The molecule has 0 aliphatic carbocycles. The number of nitrogens with one attached hydrogen (secondary N) is 1. The zero-order valence-corrected chi connectivity index (χ0v) is 18.2. The van der Waals surface area contributed by atoms with Gasteiger partial charge in [0.05, 0.1) is 6.42 Å². The molecule has 2 aromatic carbocycles. The summed E-state index contributed by atoms with van der Waals surface area (Å²) in [6.07, 6.45) is 0.0319. The summed E-state index contributed by atoms with van der Waals surface area (Å²) >= 11 is 12.6. The van der Waals surface area contributed by atoms with Gasteiger partial charge in [0.1, 0.15) is 11.9 Å². The molecule has 0 heterocycles. The number of hydrogen-bond donors (Lipinski definition) is 1. The molecule has 2 amide bonds. The van der Waals surface area contributed by atoms with Crippen molar-refractivity contribution in [2.75, 3.05) is 6.54 Å². The standard InChI is InChI=1S/C22H25Cl2FN2O2/c1-14(2)12-26-22(29)15(3)27(13-18-19(23)5-4-6-20(18)24)21(28)11-16-7-9-17(25)10-8-16/h4-10,14-15H,11-13H2,1-3H3,(H,26,29)/t15-/m0/s1. The summed E-state index contributed by atoms with van der Waals surface area (Å²) < 4.78 is 13.2. The Labute approximate surface area is 181 Å². The van der Waals surface area contributed by atoms with Crippen molar-refractivity contribution in [2.24, 2.45) is 5.92 Å². The van der Waals surface area contributed by atoms with Crippen molar-refractivity contribution in [1.82, 2.24) is 10.2 Å². The first-order chi connectivity index (χ1) is 13.7. The monoisotopic (exact) mass is 438 g/mol. The fourth-order valence-electron chi connectivity index (χ4n) is 2.77. The highest BCUT2D eigenvalue weighted by Crippen LogP contribution is 2.27. The molecule has 156 valence electrons. The van der Waals surface area contributed by atoms with Gasteiger partial charge in [-0.3, -0.25) is 9.59 Å². The van der Waals surface area contributed by atoms with Crippen LogP contribution in [0.25, 0.3) is 0 Å². The highest BCUT2D eigenvalue weighted by atomic mass is 35.5. The molecule has 0 saturated heterocycles. The summed E-state index contributed by atoms with van der Waals surface area (Å²) in [5.74, 6) is -0.621. The maximum atomic E-state index is 13.2. The average molecular weight is 439 g/mol. The molecule has 0 saturated carbocycles. The number of carbonyl (C=O) groups excluding carboxylic acids is 2. The molecule has 1 N–H and O–H groups in total. The van der Waals surface area contributed by atoms with Crippen LogP contribution in [0.4, 0.5) is 4.39 Å². The van der Waals surface area contributed by atoms with E-state index in [9.17, 15) is 14.0 Å². The summed E-state index contributed by atoms with van der Waals surface area (Å²) in [5, 5.41) is 3.70. The number of benzene rings is 2. The number of nitrogens with zero attached hydrogens (tertiary/aromatic N) is 1. The van der Waals surface area contributed by atoms with Crippen LogP contribution in [0.2, 0.25) is 10.0 Å². The molecule has 29 heavy (non-hydrogen) atoms. The van der Waals surface area contributed by atoms with Crippen molar-refractivity contribution in [3.05, 3.63) is 69.5 Å². The number of carbonyl (C=O) groups is 2. The predicted octanol–water partition coefficient (Wildman–Crippen LogP) is 4.86. The number of hydrogen-bond acceptors (Lipinski definition) is 2. The third-order valence-corrected chi connectivity index (χ3v) is 5.22. The average Bonchev–Trinajstić information content (AvgIpc) is 2.67. The van der Waals surface area contributed by atoms with Crippen molar-refractivity contribution in [2.45, 2.75) is 39.8 Å². The van der Waals surface area contributed by atoms with E-state index in [1.54, 1.807) is 37.3 Å². The van der Waals surface area contributed by atoms with E-state index in [0.717, 1.165) is 0 Å². The molecule has 0 unspecified atom stereocenters. The molecule has 4 nitrogen and oxygen atoms in total. The first-order valence-corrected chi connectivity index (χ1v) is 10.2. The van der Waals surface area contributed by atoms with Crippen LogP contribution in [-0.4, -0.2) is 29.3 Å². The van der Waals surface area contributed by atoms with E-state index >= 15 is 0 Å². The van der Waals surface area contributed by atoms with Gasteiger partial charge in [0, 0.05) is 28.7 Å². The smallest absolute Gasteiger partial charge is 0.242 e. The van der Waals surface area contributed by atoms with Crippen molar-refractivity contribution in [3.8, 4) is 0 Å². The second-order valence-corrected chi connectivity index (χ2v) is 8.15. The normalized spacial score (nSPS) is 12.0. The molecule has 0 aromatic heterocycles. The Balaban J connectivity index is 2.27. The first-order valence-electron chi connectivity index (χ1n) is 9.43. The Hall–Kier alpha value is -2.11. The van der Waals surface area contributed by atoms with Gasteiger partial charge in [0.2, 0.25) is 11.8 Å². The lowest BCUT2D eigenvalue weighted by Gasteiger charge is -2.29. The van der Waals surface area contributed by atoms with Crippen LogP contribution >= 0.6 is 23.2 Å². The lowest BCUT2D eigenvalue weighted by Crippen LogP contribution is -2.48. The Morgan fingerprint density at radius 3 is 2.17 bits per heavy atom. The molecular formula is C22H25Cl2FN2O2. The van der Waals surface area contributed by atoms with Gasteiger partial charge in [-0.15, -0.1) is 0 Å². The number of halogens is 3. The van der Waals surface area contributed by atoms with E-state index < -0.39 is 6.04 Å². The minimum atomic E-state index is -0.728. The van der Waals surface area contributed by atoms with E-state index in [1.807, 2.05) is 13.8 Å². The second-order valence-electron chi connectivity index (χ2n) is 7.34. The summed E-state index contributed by atoms with van der Waals surface area (Å²) in [4.78, 5) is 27.2. The van der Waals surface area contributed by atoms with E-state index in [0.29, 0.717) is 27.7 Å². The van der Waals surface area contributed by atoms with Crippen LogP contribution in [0.3, 0.4) is 0 Å². The van der Waals surface area contributed by atoms with Crippen LogP contribution in [0.15, 0.2) is 42.5 Å². The Bertz CT molecular complexity index is 836. The highest BCUT2D eigenvalue weighted by molar-refractivity contribution is 6.36. The van der Waals surface area contributed by atoms with Gasteiger partial charge in [-0.05, 0) is 42.7 Å². The quantitative estimate of drug-likeness (QED) is 0.639. The summed E-state index contributed by atoms with van der Waals surface area (Å²) in [5.41, 5.74) is 1.23. The van der Waals surface area contributed by atoms with Gasteiger partial charge < -0.3 is 10.2 Å². The summed E-state index contributed by atoms with van der Waals surface area (Å²) in [6, 6.07) is 10.1. The topological polar surface area (TPSA) is 49.4 Å². The molecule has 2 rings (SSSR count). The van der Waals surface area contributed by atoms with Crippen LogP contribution in [0.5, 0.6) is 0 Å². The third-order valence-electron chi connectivity index (χ3n) is 4.51. The van der Waals surface area contributed by atoms with Gasteiger partial charge in [-0.2, -0.15) is 0 Å². The number of rotatable bonds is 8. The van der Waals surface area contributed by atoms with Gasteiger partial charge in [0.15, 0.2) is 0 Å². The molecule has 7 heteroatoms. The fourth-order valence-corrected chi connectivity index (χ4v) is 3.28. The van der Waals surface area contributed by atoms with E-state index in [4.69, 9.17) is 23.2 Å². The van der Waals surface area contributed by atoms with Crippen molar-refractivity contribution < 1.29 is 14.0 Å². The van der Waals surface area contributed by atoms with E-state index in [-0.39, 0.29) is 36.5 Å². The predicted molar refractivity (Wildman–Crippen MR) is 114 cm³/mol. The molecule has 0 bridgehead atoms. The lowest BCUT2D eigenvalue weighted by atomic mass is 10.1. The van der Waals surface area contributed by atoms with Crippen LogP contribution in [0.1, 0.15) is 31.9 Å². The van der Waals surface area contributed by atoms with Crippen LogP contribution in [0, 0.1) is 11.7 Å². The molecule has 0 spiro atoms. The maximum absolute atomic E-state index is 13.2. The van der Waals surface area contributed by atoms with Crippen molar-refractivity contribution in [1.29, 1.82) is 0 Å². The maximum Gasteiger partial charge on any atom is 0.242 e. The van der Waals surface area contributed by atoms with Gasteiger partial charge in [-0.25, -0.2) is 4.39 Å². The summed E-state index contributed by atoms with van der Waals surface area (Å²) in [7, 11) is 0. The molecule has 0 fully saturated rings. The zero-order chi connectivity index (χ0) is 21.6. The molecular weight excluding hydrogens is 414 g/mol. The first kappa shape index (κ1) is 23.2. The van der Waals surface area contributed by atoms with E-state index in [1.165, 1.54) is 17.0 Å². The van der Waals surface area contributed by atoms with E-state index in [2.05, 4.69) is 5.32 Å². The highest BCUT2D eigenvalue weighted by Gasteiger charge is 2.27. The Morgan fingerprint density at radius 1 is 1.03 bits per heavy atom. The Morgan fingerprint density at radius 2 is 1.62 bits per heavy atom. The minimum absolute atomic E-state index is 0.0319. The van der Waals surface area contributed by atoms with Crippen LogP contribution in [-0.2, 0) is 22.6 Å². The van der Waals surface area contributed by atoms with Crippen LogP contribution < -0.4 is 5.32 Å². The SMILES string of the molecule is CC(C)CNC(=O)[C@H](C)N(Cc1c(Cl)cccc1Cl)C(=O)Cc1ccc(F)cc1. The fraction of sp³-hybridized carbons (Fsp3) is 0.364.